The molecule has 0 aliphatic carbocycles. The zero-order valence-electron chi connectivity index (χ0n) is 16.9. The molecule has 0 saturated carbocycles. The van der Waals surface area contributed by atoms with E-state index in [4.69, 9.17) is 9.84 Å². The average molecular weight is 395 g/mol. The maximum atomic E-state index is 11.1. The molecule has 152 valence electrons. The fraction of sp³-hybridized carbons (Fsp3) is 0.381. The summed E-state index contributed by atoms with van der Waals surface area (Å²) in [6.45, 7) is 3.03. The molecule has 1 amide bonds. The molecular formula is C21H25N5O3. The third kappa shape index (κ3) is 3.70. The Morgan fingerprint density at radius 3 is 2.90 bits per heavy atom. The van der Waals surface area contributed by atoms with Gasteiger partial charge in [0, 0.05) is 38.8 Å². The lowest BCUT2D eigenvalue weighted by Crippen LogP contribution is -2.29. The van der Waals surface area contributed by atoms with Crippen LogP contribution in [0.4, 0.5) is 16.3 Å². The minimum absolute atomic E-state index is 0.103. The van der Waals surface area contributed by atoms with Crippen LogP contribution in [-0.4, -0.2) is 56.9 Å². The highest BCUT2D eigenvalue weighted by Crippen LogP contribution is 2.31. The van der Waals surface area contributed by atoms with Crippen molar-refractivity contribution in [3.05, 3.63) is 42.4 Å². The van der Waals surface area contributed by atoms with Gasteiger partial charge < -0.3 is 24.2 Å². The Hall–Kier alpha value is -3.29. The van der Waals surface area contributed by atoms with Gasteiger partial charge >= 0.3 is 6.09 Å². The van der Waals surface area contributed by atoms with Crippen molar-refractivity contribution in [3.63, 3.8) is 0 Å². The molecule has 4 rings (SSSR count). The van der Waals surface area contributed by atoms with Crippen LogP contribution in [0.5, 0.6) is 5.75 Å². The molecule has 1 atom stereocenters. The van der Waals surface area contributed by atoms with Crippen LogP contribution in [0.3, 0.4) is 0 Å². The number of ether oxygens (including phenoxy) is 1. The second-order valence-corrected chi connectivity index (χ2v) is 7.35. The lowest BCUT2D eigenvalue weighted by molar-refractivity contribution is 0.145. The molecular weight excluding hydrogens is 370 g/mol. The van der Waals surface area contributed by atoms with E-state index in [9.17, 15) is 4.79 Å². The van der Waals surface area contributed by atoms with Gasteiger partial charge in [-0.05, 0) is 30.2 Å². The number of aromatic nitrogens is 3. The Bertz CT molecular complexity index is 1050. The number of rotatable bonds is 5. The predicted molar refractivity (Wildman–Crippen MR) is 111 cm³/mol. The molecule has 1 aliphatic heterocycles. The van der Waals surface area contributed by atoms with E-state index in [1.54, 1.807) is 12.5 Å². The first kappa shape index (κ1) is 19.0. The highest BCUT2D eigenvalue weighted by Gasteiger charge is 2.27. The maximum Gasteiger partial charge on any atom is 0.407 e. The number of hydrogen-bond acceptors (Lipinski definition) is 5. The second kappa shape index (κ2) is 7.62. The molecule has 8 nitrogen and oxygen atoms in total. The number of fused-ring (bicyclic) bond motifs is 1. The largest absolute Gasteiger partial charge is 0.489 e. The Morgan fingerprint density at radius 1 is 1.34 bits per heavy atom. The molecule has 2 aromatic heterocycles. The van der Waals surface area contributed by atoms with E-state index in [-0.39, 0.29) is 6.10 Å². The Labute approximate surface area is 169 Å². The number of aryl methyl sites for hydroxylation is 2. The zero-order chi connectivity index (χ0) is 20.5. The standard InChI is InChI=1S/C21H25N5O3/c1-4-14-9-15(29-16-7-8-26(12-16)21(27)28)5-6-18(14)25(3)20-10-19-17(11-22-20)23-13-24(19)2/h5-6,9-11,13,16H,4,7-8,12H2,1-3H3,(H,27,28). The van der Waals surface area contributed by atoms with Crippen LogP contribution in [0, 0.1) is 0 Å². The molecule has 1 aromatic carbocycles. The van der Waals surface area contributed by atoms with Gasteiger partial charge in [-0.15, -0.1) is 0 Å². The van der Waals surface area contributed by atoms with Gasteiger partial charge in [0.05, 0.1) is 24.6 Å². The van der Waals surface area contributed by atoms with Crippen molar-refractivity contribution >= 4 is 28.6 Å². The van der Waals surface area contributed by atoms with Gasteiger partial charge in [0.15, 0.2) is 0 Å². The Kier molecular flexibility index (Phi) is 5.00. The van der Waals surface area contributed by atoms with E-state index in [0.29, 0.717) is 19.5 Å². The van der Waals surface area contributed by atoms with Gasteiger partial charge in [-0.2, -0.15) is 0 Å². The number of hydrogen-bond donors (Lipinski definition) is 1. The van der Waals surface area contributed by atoms with Crippen molar-refractivity contribution in [2.45, 2.75) is 25.9 Å². The minimum Gasteiger partial charge on any atom is -0.489 e. The van der Waals surface area contributed by atoms with Crippen LogP contribution < -0.4 is 9.64 Å². The minimum atomic E-state index is -0.889. The van der Waals surface area contributed by atoms with Crippen molar-refractivity contribution in [2.24, 2.45) is 7.05 Å². The first-order valence-electron chi connectivity index (χ1n) is 9.74. The predicted octanol–water partition coefficient (Wildman–Crippen LogP) is 3.43. The van der Waals surface area contributed by atoms with E-state index in [2.05, 4.69) is 21.8 Å². The van der Waals surface area contributed by atoms with Crippen molar-refractivity contribution in [1.29, 1.82) is 0 Å². The fourth-order valence-corrected chi connectivity index (χ4v) is 3.76. The summed E-state index contributed by atoms with van der Waals surface area (Å²) in [5.41, 5.74) is 4.11. The van der Waals surface area contributed by atoms with Crippen LogP contribution in [0.15, 0.2) is 36.8 Å². The fourth-order valence-electron chi connectivity index (χ4n) is 3.76. The quantitative estimate of drug-likeness (QED) is 0.713. The molecule has 1 fully saturated rings. The van der Waals surface area contributed by atoms with Crippen LogP contribution in [0.25, 0.3) is 11.0 Å². The molecule has 1 unspecified atom stereocenters. The number of likely N-dealkylation sites (tertiary alicyclic amines) is 1. The molecule has 0 spiro atoms. The molecule has 3 aromatic rings. The summed E-state index contributed by atoms with van der Waals surface area (Å²) in [4.78, 5) is 23.4. The summed E-state index contributed by atoms with van der Waals surface area (Å²) in [7, 11) is 3.97. The smallest absolute Gasteiger partial charge is 0.407 e. The van der Waals surface area contributed by atoms with Crippen LogP contribution in [0.1, 0.15) is 18.9 Å². The molecule has 8 heteroatoms. The van der Waals surface area contributed by atoms with Crippen LogP contribution in [0.2, 0.25) is 0 Å². The second-order valence-electron chi connectivity index (χ2n) is 7.35. The van der Waals surface area contributed by atoms with Gasteiger partial charge in [0.2, 0.25) is 0 Å². The molecule has 1 saturated heterocycles. The first-order valence-corrected chi connectivity index (χ1v) is 9.74. The SMILES string of the molecule is CCc1cc(OC2CCN(C(=O)O)C2)ccc1N(C)c1cc2c(cn1)ncn2C. The molecule has 0 bridgehead atoms. The molecule has 1 N–H and O–H groups in total. The number of carbonyl (C=O) groups is 1. The molecule has 1 aliphatic rings. The van der Waals surface area contributed by atoms with Crippen molar-refractivity contribution in [3.8, 4) is 5.75 Å². The van der Waals surface area contributed by atoms with E-state index in [1.165, 1.54) is 4.90 Å². The topological polar surface area (TPSA) is 83.7 Å². The summed E-state index contributed by atoms with van der Waals surface area (Å²) in [6, 6.07) is 8.05. The highest BCUT2D eigenvalue weighted by atomic mass is 16.5. The number of pyridine rings is 1. The lowest BCUT2D eigenvalue weighted by atomic mass is 10.1. The summed E-state index contributed by atoms with van der Waals surface area (Å²) >= 11 is 0. The maximum absolute atomic E-state index is 11.1. The molecule has 3 heterocycles. The summed E-state index contributed by atoms with van der Waals surface area (Å²) in [6.07, 6.45) is 4.14. The lowest BCUT2D eigenvalue weighted by Gasteiger charge is -2.23. The molecule has 0 radical (unpaired) electrons. The summed E-state index contributed by atoms with van der Waals surface area (Å²) in [5, 5.41) is 9.11. The molecule has 29 heavy (non-hydrogen) atoms. The number of imidazole rings is 1. The normalized spacial score (nSPS) is 16.4. The highest BCUT2D eigenvalue weighted by molar-refractivity contribution is 5.79. The van der Waals surface area contributed by atoms with Gasteiger partial charge in [0.25, 0.3) is 0 Å². The third-order valence-electron chi connectivity index (χ3n) is 5.45. The van der Waals surface area contributed by atoms with Gasteiger partial charge in [0.1, 0.15) is 23.2 Å². The van der Waals surface area contributed by atoms with E-state index < -0.39 is 6.09 Å². The van der Waals surface area contributed by atoms with Crippen molar-refractivity contribution in [1.82, 2.24) is 19.4 Å². The number of benzene rings is 1. The average Bonchev–Trinajstić information content (AvgIpc) is 3.34. The van der Waals surface area contributed by atoms with Gasteiger partial charge in [-0.25, -0.2) is 14.8 Å². The zero-order valence-corrected chi connectivity index (χ0v) is 16.9. The van der Waals surface area contributed by atoms with E-state index in [0.717, 1.165) is 40.3 Å². The van der Waals surface area contributed by atoms with Gasteiger partial charge in [-0.3, -0.25) is 0 Å². The Balaban J connectivity index is 1.55. The number of anilines is 2. The third-order valence-corrected chi connectivity index (χ3v) is 5.45. The van der Waals surface area contributed by atoms with E-state index >= 15 is 0 Å². The number of carboxylic acid groups (broad SMARTS) is 1. The monoisotopic (exact) mass is 395 g/mol. The summed E-state index contributed by atoms with van der Waals surface area (Å²) < 4.78 is 8.03. The van der Waals surface area contributed by atoms with Crippen molar-refractivity contribution in [2.75, 3.05) is 25.0 Å². The number of amides is 1. The van der Waals surface area contributed by atoms with Crippen LogP contribution >= 0.6 is 0 Å². The van der Waals surface area contributed by atoms with Crippen molar-refractivity contribution < 1.29 is 14.6 Å². The van der Waals surface area contributed by atoms with Gasteiger partial charge in [-0.1, -0.05) is 6.92 Å². The Morgan fingerprint density at radius 2 is 2.17 bits per heavy atom. The summed E-state index contributed by atoms with van der Waals surface area (Å²) in [5.74, 6) is 1.61. The van der Waals surface area contributed by atoms with Crippen LogP contribution in [-0.2, 0) is 13.5 Å². The first-order chi connectivity index (χ1) is 14.0. The number of nitrogens with zero attached hydrogens (tertiary/aromatic N) is 5. The van der Waals surface area contributed by atoms with E-state index in [1.807, 2.05) is 42.9 Å².